The van der Waals surface area contributed by atoms with E-state index < -0.39 is 10.8 Å². The molecule has 0 spiro atoms. The number of benzene rings is 13. The zero-order chi connectivity index (χ0) is 54.9. The quantitative estimate of drug-likeness (QED) is 0.122. The van der Waals surface area contributed by atoms with E-state index in [1.807, 2.05) is 0 Å². The van der Waals surface area contributed by atoms with Gasteiger partial charge in [-0.25, -0.2) is 0 Å². The Hall–Kier alpha value is -10.3. The lowest BCUT2D eigenvalue weighted by Crippen LogP contribution is -2.29. The van der Waals surface area contributed by atoms with E-state index in [2.05, 4.69) is 332 Å². The SMILES string of the molecule is c1ccc(-c2ccc(C(Cc3ccc4c(c3)C(c3ccccc3)(c3ccccc3)c3cccc(-n5c6ccccc6c6cc(-c7ccccc7)ccc65)c3-4)c3ccc4c(c3)C(c3ccccc3)(c3ccccc3)c3ccccc3-4)cc2)cc1. The third kappa shape index (κ3) is 7.55. The van der Waals surface area contributed by atoms with E-state index >= 15 is 0 Å². The number of hydrogen-bond acceptors (Lipinski definition) is 0. The number of nitrogens with zero attached hydrogens (tertiary/aromatic N) is 1. The second-order valence-corrected chi connectivity index (χ2v) is 22.6. The minimum Gasteiger partial charge on any atom is -0.309 e. The van der Waals surface area contributed by atoms with Crippen molar-refractivity contribution < 1.29 is 0 Å². The van der Waals surface area contributed by atoms with Crippen molar-refractivity contribution >= 4 is 21.8 Å². The zero-order valence-corrected chi connectivity index (χ0v) is 45.9. The normalized spacial score (nSPS) is 13.7. The Labute approximate surface area is 485 Å². The van der Waals surface area contributed by atoms with Crippen LogP contribution in [0, 0.1) is 0 Å². The van der Waals surface area contributed by atoms with E-state index in [0.29, 0.717) is 0 Å². The number of aromatic nitrogens is 1. The van der Waals surface area contributed by atoms with Gasteiger partial charge in [0.15, 0.2) is 0 Å². The molecule has 1 unspecified atom stereocenters. The lowest BCUT2D eigenvalue weighted by atomic mass is 9.67. The monoisotopic (exact) mass is 1060 g/mol. The topological polar surface area (TPSA) is 4.93 Å². The Morgan fingerprint density at radius 2 is 0.735 bits per heavy atom. The molecule has 0 saturated heterocycles. The smallest absolute Gasteiger partial charge is 0.0714 e. The predicted octanol–water partition coefficient (Wildman–Crippen LogP) is 20.2. The minimum atomic E-state index is -0.629. The lowest BCUT2D eigenvalue weighted by Gasteiger charge is -2.34. The molecule has 0 amide bonds. The van der Waals surface area contributed by atoms with Crippen molar-refractivity contribution in [3.8, 4) is 50.2 Å². The Morgan fingerprint density at radius 3 is 1.37 bits per heavy atom. The summed E-state index contributed by atoms with van der Waals surface area (Å²) in [6.07, 6.45) is 0.785. The summed E-state index contributed by atoms with van der Waals surface area (Å²) in [5.74, 6) is 0.0108. The van der Waals surface area contributed by atoms with Crippen LogP contribution in [-0.4, -0.2) is 4.57 Å². The number of fused-ring (bicyclic) bond motifs is 9. The van der Waals surface area contributed by atoms with Crippen LogP contribution in [0.4, 0.5) is 0 Å². The van der Waals surface area contributed by atoms with Gasteiger partial charge in [-0.15, -0.1) is 0 Å². The molecule has 0 saturated carbocycles. The summed E-state index contributed by atoms with van der Waals surface area (Å²) in [5, 5.41) is 2.49. The van der Waals surface area contributed by atoms with Crippen LogP contribution in [0.15, 0.2) is 328 Å². The number of para-hydroxylation sites is 1. The van der Waals surface area contributed by atoms with E-state index in [0.717, 1.165) is 6.42 Å². The molecule has 0 N–H and O–H groups in total. The van der Waals surface area contributed by atoms with Crippen LogP contribution in [0.5, 0.6) is 0 Å². The number of hydrogen-bond donors (Lipinski definition) is 0. The molecule has 0 aliphatic heterocycles. The molecule has 13 aromatic carbocycles. The van der Waals surface area contributed by atoms with Gasteiger partial charge in [-0.3, -0.25) is 0 Å². The van der Waals surface area contributed by atoms with Gasteiger partial charge in [-0.1, -0.05) is 303 Å². The van der Waals surface area contributed by atoms with Gasteiger partial charge in [0.1, 0.15) is 0 Å². The molecule has 16 rings (SSSR count). The highest BCUT2D eigenvalue weighted by Crippen LogP contribution is 2.60. The highest BCUT2D eigenvalue weighted by molar-refractivity contribution is 6.11. The van der Waals surface area contributed by atoms with Crippen molar-refractivity contribution in [1.29, 1.82) is 0 Å². The molecule has 0 bridgehead atoms. The molecule has 1 nitrogen and oxygen atoms in total. The van der Waals surface area contributed by atoms with Gasteiger partial charge in [0.25, 0.3) is 0 Å². The average molecular weight is 1060 g/mol. The van der Waals surface area contributed by atoms with Crippen molar-refractivity contribution in [2.75, 3.05) is 0 Å². The Kier molecular flexibility index (Phi) is 11.5. The van der Waals surface area contributed by atoms with Crippen LogP contribution >= 0.6 is 0 Å². The van der Waals surface area contributed by atoms with Gasteiger partial charge in [0, 0.05) is 22.3 Å². The summed E-state index contributed by atoms with van der Waals surface area (Å²) in [7, 11) is 0. The molecule has 1 atom stereocenters. The standard InChI is InChI=1S/C82H57N/c1-7-24-57(25-8-1)59-43-45-60(46-44-59)71(62-47-50-68-67-36-19-21-38-73(67)81(76(68)55-62,63-28-11-3-12-29-63)64-30-13-4-14-31-64)52-56-42-49-70-75(53-56)82(65-32-15-5-16-33-65,66-34-17-6-18-35-66)74-39-23-41-79(80(70)74)83-77-40-22-20-37-69(77)72-54-61(48-51-78(72)83)58-26-9-2-10-27-58/h1-51,53-55,71H,52H2. The summed E-state index contributed by atoms with van der Waals surface area (Å²) >= 11 is 0. The second kappa shape index (κ2) is 19.7. The fourth-order valence-corrected chi connectivity index (χ4v) is 14.8. The van der Waals surface area contributed by atoms with Gasteiger partial charge in [0.05, 0.1) is 27.6 Å². The highest BCUT2D eigenvalue weighted by atomic mass is 15.0. The predicted molar refractivity (Wildman–Crippen MR) is 345 cm³/mol. The highest BCUT2D eigenvalue weighted by Gasteiger charge is 2.49. The van der Waals surface area contributed by atoms with Crippen LogP contribution in [0.3, 0.4) is 0 Å². The third-order valence-electron chi connectivity index (χ3n) is 18.4. The molecule has 14 aromatic rings. The molecule has 1 heteroatoms. The Morgan fingerprint density at radius 1 is 0.277 bits per heavy atom. The number of rotatable bonds is 11. The van der Waals surface area contributed by atoms with Gasteiger partial charge in [-0.2, -0.15) is 0 Å². The summed E-state index contributed by atoms with van der Waals surface area (Å²) < 4.78 is 2.54. The Bertz CT molecular complexity index is 4640. The van der Waals surface area contributed by atoms with Gasteiger partial charge >= 0.3 is 0 Å². The van der Waals surface area contributed by atoms with Crippen molar-refractivity contribution in [2.24, 2.45) is 0 Å². The zero-order valence-electron chi connectivity index (χ0n) is 45.9. The molecule has 2 aliphatic rings. The van der Waals surface area contributed by atoms with Crippen molar-refractivity contribution in [1.82, 2.24) is 4.57 Å². The van der Waals surface area contributed by atoms with E-state index in [9.17, 15) is 0 Å². The molecule has 1 aromatic heterocycles. The summed E-state index contributed by atoms with van der Waals surface area (Å²) in [4.78, 5) is 0. The maximum atomic E-state index is 2.59. The van der Waals surface area contributed by atoms with E-state index in [1.54, 1.807) is 0 Å². The second-order valence-electron chi connectivity index (χ2n) is 22.6. The van der Waals surface area contributed by atoms with Crippen LogP contribution in [0.1, 0.15) is 67.1 Å². The first-order chi connectivity index (χ1) is 41.2. The molecular weight excluding hydrogens is 999 g/mol. The average Bonchev–Trinajstić information content (AvgIpc) is 2.16. The maximum absolute atomic E-state index is 2.59. The summed E-state index contributed by atoms with van der Waals surface area (Å²) in [6, 6.07) is 123. The lowest BCUT2D eigenvalue weighted by molar-refractivity contribution is 0.750. The van der Waals surface area contributed by atoms with Gasteiger partial charge < -0.3 is 4.57 Å². The molecule has 0 radical (unpaired) electrons. The van der Waals surface area contributed by atoms with Crippen LogP contribution in [-0.2, 0) is 17.3 Å². The molecular formula is C82H57N. The van der Waals surface area contributed by atoms with Crippen molar-refractivity contribution in [3.63, 3.8) is 0 Å². The van der Waals surface area contributed by atoms with Gasteiger partial charge in [-0.05, 0) is 131 Å². The molecule has 390 valence electrons. The molecule has 83 heavy (non-hydrogen) atoms. The van der Waals surface area contributed by atoms with Crippen molar-refractivity contribution in [3.05, 3.63) is 389 Å². The summed E-state index contributed by atoms with van der Waals surface area (Å²) in [5.41, 5.74) is 26.5. The molecule has 2 aliphatic carbocycles. The van der Waals surface area contributed by atoms with Crippen molar-refractivity contribution in [2.45, 2.75) is 23.2 Å². The third-order valence-corrected chi connectivity index (χ3v) is 18.4. The van der Waals surface area contributed by atoms with E-state index in [-0.39, 0.29) is 5.92 Å². The summed E-state index contributed by atoms with van der Waals surface area (Å²) in [6.45, 7) is 0. The minimum absolute atomic E-state index is 0.0108. The van der Waals surface area contributed by atoms with E-state index in [1.165, 1.54) is 133 Å². The first-order valence-electron chi connectivity index (χ1n) is 29.2. The fraction of sp³-hybridized carbons (Fsp3) is 0.0488. The first-order valence-corrected chi connectivity index (χ1v) is 29.2. The Balaban J connectivity index is 0.918. The fourth-order valence-electron chi connectivity index (χ4n) is 14.8. The van der Waals surface area contributed by atoms with Crippen LogP contribution < -0.4 is 0 Å². The largest absolute Gasteiger partial charge is 0.309 e. The van der Waals surface area contributed by atoms with Crippen LogP contribution in [0.2, 0.25) is 0 Å². The first kappa shape index (κ1) is 48.6. The maximum Gasteiger partial charge on any atom is 0.0714 e. The van der Waals surface area contributed by atoms with E-state index in [4.69, 9.17) is 0 Å². The van der Waals surface area contributed by atoms with Crippen LogP contribution in [0.25, 0.3) is 72.0 Å². The molecule has 0 fully saturated rings. The van der Waals surface area contributed by atoms with Gasteiger partial charge in [0.2, 0.25) is 0 Å². The molecule has 1 heterocycles.